The van der Waals surface area contributed by atoms with E-state index >= 15 is 0 Å². The molecule has 1 atom stereocenters. The highest BCUT2D eigenvalue weighted by atomic mass is 19.1. The number of carbonyl (C=O) groups excluding carboxylic acids is 3. The summed E-state index contributed by atoms with van der Waals surface area (Å²) in [5, 5.41) is 3.70. The Morgan fingerprint density at radius 2 is 1.73 bits per heavy atom. The van der Waals surface area contributed by atoms with Gasteiger partial charge in [0.05, 0.1) is 5.69 Å². The van der Waals surface area contributed by atoms with E-state index in [9.17, 15) is 18.8 Å². The SMILES string of the molecule is O=C(CN1C(=O)NC(Cc2c[nH]c3ccccc23)C1=O)N1CCN(c2ccccc2F)CC1. The van der Waals surface area contributed by atoms with E-state index in [0.717, 1.165) is 21.4 Å². The average molecular weight is 449 g/mol. The Balaban J connectivity index is 1.19. The molecule has 0 aliphatic carbocycles. The number of imide groups is 1. The monoisotopic (exact) mass is 449 g/mol. The molecule has 8 nitrogen and oxygen atoms in total. The molecule has 0 saturated carbocycles. The van der Waals surface area contributed by atoms with Crippen LogP contribution in [0.5, 0.6) is 0 Å². The smallest absolute Gasteiger partial charge is 0.325 e. The Bertz CT molecular complexity index is 1220. The molecule has 5 rings (SSSR count). The molecule has 2 aromatic carbocycles. The summed E-state index contributed by atoms with van der Waals surface area (Å²) in [6, 6.07) is 13.1. The van der Waals surface area contributed by atoms with Crippen LogP contribution in [-0.2, 0) is 16.0 Å². The lowest BCUT2D eigenvalue weighted by Crippen LogP contribution is -2.52. The summed E-state index contributed by atoms with van der Waals surface area (Å²) < 4.78 is 14.0. The maximum atomic E-state index is 14.0. The predicted octanol–water partition coefficient (Wildman–Crippen LogP) is 2.12. The summed E-state index contributed by atoms with van der Waals surface area (Å²) in [5.74, 6) is -0.985. The van der Waals surface area contributed by atoms with Crippen LogP contribution in [0.25, 0.3) is 10.9 Å². The number of nitrogens with zero attached hydrogens (tertiary/aromatic N) is 3. The van der Waals surface area contributed by atoms with Crippen LogP contribution >= 0.6 is 0 Å². The number of carbonyl (C=O) groups is 3. The Morgan fingerprint density at radius 3 is 2.52 bits per heavy atom. The highest BCUT2D eigenvalue weighted by Crippen LogP contribution is 2.22. The van der Waals surface area contributed by atoms with Crippen LogP contribution in [0.1, 0.15) is 5.56 Å². The maximum absolute atomic E-state index is 14.0. The average Bonchev–Trinajstić information content (AvgIpc) is 3.35. The first-order chi connectivity index (χ1) is 16.0. The standard InChI is InChI=1S/C24H24FN5O3/c25-18-6-2-4-8-21(18)28-9-11-29(12-10-28)22(31)15-30-23(32)20(27-24(30)33)13-16-14-26-19-7-3-1-5-17(16)19/h1-8,14,20,26H,9-13,15H2,(H,27,33). The highest BCUT2D eigenvalue weighted by molar-refractivity contribution is 6.06. The van der Waals surface area contributed by atoms with Crippen LogP contribution in [0, 0.1) is 5.82 Å². The van der Waals surface area contributed by atoms with E-state index in [0.29, 0.717) is 38.3 Å². The first-order valence-corrected chi connectivity index (χ1v) is 11.0. The molecule has 2 aliphatic rings. The molecule has 3 aromatic rings. The summed E-state index contributed by atoms with van der Waals surface area (Å²) in [5.41, 5.74) is 2.41. The summed E-state index contributed by atoms with van der Waals surface area (Å²) >= 11 is 0. The van der Waals surface area contributed by atoms with Crippen LogP contribution in [0.2, 0.25) is 0 Å². The molecule has 0 radical (unpaired) electrons. The minimum Gasteiger partial charge on any atom is -0.366 e. The van der Waals surface area contributed by atoms with Crippen LogP contribution in [0.4, 0.5) is 14.9 Å². The zero-order valence-electron chi connectivity index (χ0n) is 18.0. The Kier molecular flexibility index (Phi) is 5.45. The van der Waals surface area contributed by atoms with Crippen molar-refractivity contribution in [3.05, 3.63) is 66.1 Å². The minimum atomic E-state index is -0.706. The third-order valence-corrected chi connectivity index (χ3v) is 6.32. The molecule has 2 fully saturated rings. The Morgan fingerprint density at radius 1 is 1.00 bits per heavy atom. The number of H-pyrrole nitrogens is 1. The van der Waals surface area contributed by atoms with Gasteiger partial charge in [-0.25, -0.2) is 9.18 Å². The lowest BCUT2D eigenvalue weighted by molar-refractivity contribution is -0.137. The molecule has 2 N–H and O–H groups in total. The molecule has 3 heterocycles. The van der Waals surface area contributed by atoms with Gasteiger partial charge in [-0.2, -0.15) is 0 Å². The number of hydrogen-bond donors (Lipinski definition) is 2. The van der Waals surface area contributed by atoms with Gasteiger partial charge in [-0.1, -0.05) is 30.3 Å². The lowest BCUT2D eigenvalue weighted by Gasteiger charge is -2.36. The van der Waals surface area contributed by atoms with Gasteiger partial charge in [0.1, 0.15) is 18.4 Å². The third-order valence-electron chi connectivity index (χ3n) is 6.32. The predicted molar refractivity (Wildman–Crippen MR) is 121 cm³/mol. The number of aromatic nitrogens is 1. The molecule has 0 bridgehead atoms. The summed E-state index contributed by atoms with van der Waals surface area (Å²) in [7, 11) is 0. The Labute approximate surface area is 189 Å². The largest absolute Gasteiger partial charge is 0.366 e. The molecule has 0 spiro atoms. The maximum Gasteiger partial charge on any atom is 0.325 e. The second-order valence-corrected chi connectivity index (χ2v) is 8.31. The van der Waals surface area contributed by atoms with Gasteiger partial charge in [-0.15, -0.1) is 0 Å². The van der Waals surface area contributed by atoms with E-state index in [1.54, 1.807) is 23.1 Å². The van der Waals surface area contributed by atoms with Crippen molar-refractivity contribution >= 4 is 34.4 Å². The van der Waals surface area contributed by atoms with Crippen molar-refractivity contribution in [3.63, 3.8) is 0 Å². The van der Waals surface area contributed by atoms with Gasteiger partial charge < -0.3 is 20.1 Å². The van der Waals surface area contributed by atoms with Gasteiger partial charge in [0.2, 0.25) is 5.91 Å². The highest BCUT2D eigenvalue weighted by Gasteiger charge is 2.40. The fraction of sp³-hybridized carbons (Fsp3) is 0.292. The zero-order chi connectivity index (χ0) is 22.9. The van der Waals surface area contributed by atoms with Crippen molar-refractivity contribution in [3.8, 4) is 0 Å². The van der Waals surface area contributed by atoms with Crippen molar-refractivity contribution in [2.24, 2.45) is 0 Å². The molecule has 1 unspecified atom stereocenters. The van der Waals surface area contributed by atoms with Crippen molar-refractivity contribution in [2.75, 3.05) is 37.6 Å². The summed E-state index contributed by atoms with van der Waals surface area (Å²) in [4.78, 5) is 45.8. The van der Waals surface area contributed by atoms with E-state index in [-0.39, 0.29) is 18.3 Å². The van der Waals surface area contributed by atoms with E-state index in [1.807, 2.05) is 35.4 Å². The summed E-state index contributed by atoms with van der Waals surface area (Å²) in [6.45, 7) is 1.46. The minimum absolute atomic E-state index is 0.292. The fourth-order valence-corrected chi connectivity index (χ4v) is 4.53. The Hall–Kier alpha value is -3.88. The normalized spacial score (nSPS) is 18.8. The first-order valence-electron chi connectivity index (χ1n) is 11.0. The van der Waals surface area contributed by atoms with Crippen LogP contribution in [0.15, 0.2) is 54.7 Å². The number of hydrogen-bond acceptors (Lipinski definition) is 4. The van der Waals surface area contributed by atoms with Gasteiger partial charge in [-0.05, 0) is 23.8 Å². The molecular formula is C24H24FN5O3. The van der Waals surface area contributed by atoms with Gasteiger partial charge in [-0.3, -0.25) is 14.5 Å². The van der Waals surface area contributed by atoms with Gasteiger partial charge in [0.25, 0.3) is 5.91 Å². The number of anilines is 1. The number of benzene rings is 2. The van der Waals surface area contributed by atoms with E-state index in [2.05, 4.69) is 10.3 Å². The number of para-hydroxylation sites is 2. The van der Waals surface area contributed by atoms with Gasteiger partial charge >= 0.3 is 6.03 Å². The van der Waals surface area contributed by atoms with Crippen LogP contribution < -0.4 is 10.2 Å². The van der Waals surface area contributed by atoms with Crippen molar-refractivity contribution in [2.45, 2.75) is 12.5 Å². The molecular weight excluding hydrogens is 425 g/mol. The molecule has 33 heavy (non-hydrogen) atoms. The van der Waals surface area contributed by atoms with E-state index in [1.165, 1.54) is 6.07 Å². The van der Waals surface area contributed by atoms with Crippen molar-refractivity contribution < 1.29 is 18.8 Å². The number of urea groups is 1. The number of rotatable bonds is 5. The number of nitrogens with one attached hydrogen (secondary N) is 2. The van der Waals surface area contributed by atoms with E-state index < -0.39 is 18.0 Å². The number of amides is 4. The van der Waals surface area contributed by atoms with Crippen LogP contribution in [-0.4, -0.2) is 71.4 Å². The van der Waals surface area contributed by atoms with Gasteiger partial charge in [0.15, 0.2) is 0 Å². The van der Waals surface area contributed by atoms with Crippen LogP contribution in [0.3, 0.4) is 0 Å². The zero-order valence-corrected chi connectivity index (χ0v) is 18.0. The lowest BCUT2D eigenvalue weighted by atomic mass is 10.1. The molecule has 2 aliphatic heterocycles. The number of aromatic amines is 1. The van der Waals surface area contributed by atoms with Crippen molar-refractivity contribution in [1.82, 2.24) is 20.1 Å². The molecule has 2 saturated heterocycles. The number of fused-ring (bicyclic) bond motifs is 1. The quantitative estimate of drug-likeness (QED) is 0.584. The molecule has 1 aromatic heterocycles. The van der Waals surface area contributed by atoms with Gasteiger partial charge in [0, 0.05) is 49.7 Å². The topological polar surface area (TPSA) is 88.8 Å². The molecule has 170 valence electrons. The van der Waals surface area contributed by atoms with E-state index in [4.69, 9.17) is 0 Å². The summed E-state index contributed by atoms with van der Waals surface area (Å²) in [6.07, 6.45) is 2.19. The second kappa shape index (κ2) is 8.57. The first kappa shape index (κ1) is 21.0. The fourth-order valence-electron chi connectivity index (χ4n) is 4.53. The third kappa shape index (κ3) is 4.02. The number of halogens is 1. The second-order valence-electron chi connectivity index (χ2n) is 8.31. The van der Waals surface area contributed by atoms with Crippen molar-refractivity contribution in [1.29, 1.82) is 0 Å². The molecule has 4 amide bonds. The molecule has 9 heteroatoms. The number of piperazine rings is 1.